The Morgan fingerprint density at radius 1 is 1.36 bits per heavy atom. The van der Waals surface area contributed by atoms with Crippen LogP contribution in [0.3, 0.4) is 0 Å². The fourth-order valence-corrected chi connectivity index (χ4v) is 7.67. The van der Waals surface area contributed by atoms with Crippen LogP contribution in [0.1, 0.15) is 12.0 Å². The maximum atomic E-state index is 14.1. The second-order valence-electron chi connectivity index (χ2n) is 9.03. The smallest absolute Gasteiger partial charge is 0.311 e. The molecule has 28 heavy (non-hydrogen) atoms. The fraction of sp³-hybridized carbons (Fsp3) is 0.545. The molecule has 6 heteroatoms. The van der Waals surface area contributed by atoms with Crippen molar-refractivity contribution in [1.82, 2.24) is 4.90 Å². The monoisotopic (exact) mass is 380 g/mol. The lowest BCUT2D eigenvalue weighted by Crippen LogP contribution is -2.63. The molecule has 3 aliphatic heterocycles. The van der Waals surface area contributed by atoms with Crippen molar-refractivity contribution < 1.29 is 19.1 Å². The van der Waals surface area contributed by atoms with Gasteiger partial charge in [0.2, 0.25) is 5.91 Å². The van der Waals surface area contributed by atoms with Crippen LogP contribution < -0.4 is 4.90 Å². The Hall–Kier alpha value is -2.18. The molecule has 0 aromatic heterocycles. The molecule has 0 N–H and O–H groups in total. The number of esters is 1. The summed E-state index contributed by atoms with van der Waals surface area (Å²) >= 11 is 0. The first-order chi connectivity index (χ1) is 13.5. The number of ether oxygens (including phenoxy) is 2. The highest BCUT2D eigenvalue weighted by Crippen LogP contribution is 2.74. The molecule has 0 unspecified atom stereocenters. The number of anilines is 1. The van der Waals surface area contributed by atoms with Gasteiger partial charge in [-0.2, -0.15) is 0 Å². The highest BCUT2D eigenvalue weighted by atomic mass is 16.5. The minimum absolute atomic E-state index is 0.00232. The SMILES string of the molecule is C=C[C@]12CN(C)[C@@H]3[C@H]4C(=O)O[C@H](C[C@H]41)[C@]1(C(=O)N(COC)c4ccccc41)[C@@H]32. The third-order valence-corrected chi connectivity index (χ3v) is 8.32. The molecule has 6 rings (SSSR count). The van der Waals surface area contributed by atoms with Gasteiger partial charge in [-0.3, -0.25) is 14.5 Å². The maximum Gasteiger partial charge on any atom is 0.311 e. The zero-order valence-electron chi connectivity index (χ0n) is 16.1. The fourth-order valence-electron chi connectivity index (χ4n) is 7.67. The second kappa shape index (κ2) is 5.05. The number of para-hydroxylation sites is 1. The molecule has 4 fully saturated rings. The van der Waals surface area contributed by atoms with Crippen LogP contribution in [-0.2, 0) is 24.5 Å². The molecule has 1 spiro atoms. The van der Waals surface area contributed by atoms with Crippen LogP contribution in [0.2, 0.25) is 0 Å². The van der Waals surface area contributed by atoms with Gasteiger partial charge < -0.3 is 14.4 Å². The molecule has 2 aliphatic carbocycles. The molecule has 7 atom stereocenters. The van der Waals surface area contributed by atoms with Crippen molar-refractivity contribution in [3.8, 4) is 0 Å². The van der Waals surface area contributed by atoms with Crippen LogP contribution in [0.5, 0.6) is 0 Å². The molecule has 3 heterocycles. The lowest BCUT2D eigenvalue weighted by molar-refractivity contribution is -0.182. The lowest BCUT2D eigenvalue weighted by atomic mass is 9.51. The quantitative estimate of drug-likeness (QED) is 0.588. The average Bonchev–Trinajstić information content (AvgIpc) is 3.16. The van der Waals surface area contributed by atoms with Gasteiger partial charge in [-0.05, 0) is 31.0 Å². The molecule has 2 saturated carbocycles. The van der Waals surface area contributed by atoms with Crippen molar-refractivity contribution in [2.45, 2.75) is 24.0 Å². The molecule has 1 aromatic rings. The van der Waals surface area contributed by atoms with Gasteiger partial charge in [-0.15, -0.1) is 6.58 Å². The zero-order chi connectivity index (χ0) is 19.4. The number of benzene rings is 1. The molecule has 1 aromatic carbocycles. The summed E-state index contributed by atoms with van der Waals surface area (Å²) in [4.78, 5) is 31.1. The van der Waals surface area contributed by atoms with Crippen LogP contribution in [0.4, 0.5) is 5.69 Å². The minimum atomic E-state index is -0.865. The number of hydrogen-bond acceptors (Lipinski definition) is 5. The summed E-state index contributed by atoms with van der Waals surface area (Å²) in [7, 11) is 3.67. The maximum absolute atomic E-state index is 14.1. The summed E-state index contributed by atoms with van der Waals surface area (Å²) in [5, 5.41) is 0. The molecule has 1 amide bonds. The average molecular weight is 380 g/mol. The molecule has 5 bridgehead atoms. The van der Waals surface area contributed by atoms with E-state index in [0.29, 0.717) is 0 Å². The van der Waals surface area contributed by atoms with E-state index >= 15 is 0 Å². The zero-order valence-corrected chi connectivity index (χ0v) is 16.1. The van der Waals surface area contributed by atoms with E-state index in [2.05, 4.69) is 18.5 Å². The van der Waals surface area contributed by atoms with Crippen molar-refractivity contribution in [3.05, 3.63) is 42.5 Å². The predicted octanol–water partition coefficient (Wildman–Crippen LogP) is 1.55. The normalized spacial score (nSPS) is 45.1. The van der Waals surface area contributed by atoms with Gasteiger partial charge in [-0.1, -0.05) is 24.3 Å². The highest BCUT2D eigenvalue weighted by Gasteiger charge is 2.82. The predicted molar refractivity (Wildman–Crippen MR) is 101 cm³/mol. The van der Waals surface area contributed by atoms with Crippen molar-refractivity contribution >= 4 is 17.6 Å². The number of carbonyl (C=O) groups excluding carboxylic acids is 2. The van der Waals surface area contributed by atoms with Crippen LogP contribution in [0, 0.1) is 23.2 Å². The number of rotatable bonds is 3. The van der Waals surface area contributed by atoms with E-state index in [1.165, 1.54) is 0 Å². The minimum Gasteiger partial charge on any atom is -0.461 e. The second-order valence-corrected chi connectivity index (χ2v) is 9.03. The van der Waals surface area contributed by atoms with Crippen LogP contribution >= 0.6 is 0 Å². The third-order valence-electron chi connectivity index (χ3n) is 8.32. The van der Waals surface area contributed by atoms with Gasteiger partial charge in [0.05, 0.1) is 11.6 Å². The topological polar surface area (TPSA) is 59.1 Å². The first kappa shape index (κ1) is 16.7. The number of piperidine rings is 1. The van der Waals surface area contributed by atoms with E-state index in [9.17, 15) is 9.59 Å². The summed E-state index contributed by atoms with van der Waals surface area (Å²) in [5.74, 6) is -0.110. The van der Waals surface area contributed by atoms with E-state index in [4.69, 9.17) is 9.47 Å². The first-order valence-electron chi connectivity index (χ1n) is 9.97. The van der Waals surface area contributed by atoms with Crippen molar-refractivity contribution in [3.63, 3.8) is 0 Å². The van der Waals surface area contributed by atoms with Gasteiger partial charge in [0.25, 0.3) is 0 Å². The molecule has 5 aliphatic rings. The Balaban J connectivity index is 1.67. The Kier molecular flexibility index (Phi) is 3.02. The third kappa shape index (κ3) is 1.47. The number of likely N-dealkylation sites (tertiary alicyclic amines) is 1. The Labute approximate surface area is 164 Å². The van der Waals surface area contributed by atoms with E-state index in [0.717, 1.165) is 24.2 Å². The van der Waals surface area contributed by atoms with E-state index in [1.807, 2.05) is 30.3 Å². The van der Waals surface area contributed by atoms with E-state index in [1.54, 1.807) is 12.0 Å². The molecule has 0 radical (unpaired) electrons. The number of methoxy groups -OCH3 is 1. The summed E-state index contributed by atoms with van der Waals surface area (Å²) < 4.78 is 11.4. The van der Waals surface area contributed by atoms with Crippen molar-refractivity contribution in [2.75, 3.05) is 32.3 Å². The Morgan fingerprint density at radius 2 is 2.14 bits per heavy atom. The van der Waals surface area contributed by atoms with Crippen LogP contribution in [0.15, 0.2) is 36.9 Å². The van der Waals surface area contributed by atoms with Gasteiger partial charge in [-0.25, -0.2) is 0 Å². The summed E-state index contributed by atoms with van der Waals surface area (Å²) in [6.07, 6.45) is 2.35. The molecule has 146 valence electrons. The van der Waals surface area contributed by atoms with Gasteiger partial charge in [0.1, 0.15) is 18.2 Å². The molecule has 2 saturated heterocycles. The van der Waals surface area contributed by atoms with E-state index in [-0.39, 0.29) is 47.8 Å². The standard InChI is InChI=1S/C22H24N2O4/c1-4-21-10-23(2)17-16-13(21)9-15(28-19(16)25)22(18(17)21)12-7-5-6-8-14(12)24(11-27-3)20(22)26/h4-8,13,15-18H,1,9-11H2,2-3H3/t13-,15-,16+,17-,18+,21+,22+/m1/s1. The number of fused-ring (bicyclic) bond motifs is 5. The number of nitrogens with zero attached hydrogens (tertiary/aromatic N) is 2. The molecular weight excluding hydrogens is 356 g/mol. The lowest BCUT2D eigenvalue weighted by Gasteiger charge is -2.54. The van der Waals surface area contributed by atoms with Crippen molar-refractivity contribution in [1.29, 1.82) is 0 Å². The van der Waals surface area contributed by atoms with Crippen molar-refractivity contribution in [2.24, 2.45) is 23.2 Å². The Morgan fingerprint density at radius 3 is 2.89 bits per heavy atom. The molecular formula is C22H24N2O4. The number of carbonyl (C=O) groups is 2. The van der Waals surface area contributed by atoms with Crippen LogP contribution in [-0.4, -0.2) is 56.4 Å². The molecule has 6 nitrogen and oxygen atoms in total. The summed E-state index contributed by atoms with van der Waals surface area (Å²) in [6, 6.07) is 7.94. The Bertz CT molecular complexity index is 931. The van der Waals surface area contributed by atoms with Crippen LogP contribution in [0.25, 0.3) is 0 Å². The highest BCUT2D eigenvalue weighted by molar-refractivity contribution is 6.10. The summed E-state index contributed by atoms with van der Waals surface area (Å²) in [5.41, 5.74) is 0.745. The summed E-state index contributed by atoms with van der Waals surface area (Å²) in [6.45, 7) is 5.24. The largest absolute Gasteiger partial charge is 0.461 e. The number of hydrogen-bond donors (Lipinski definition) is 0. The van der Waals surface area contributed by atoms with Gasteiger partial charge in [0, 0.05) is 31.0 Å². The van der Waals surface area contributed by atoms with Gasteiger partial charge >= 0.3 is 5.97 Å². The first-order valence-corrected chi connectivity index (χ1v) is 9.97. The van der Waals surface area contributed by atoms with Gasteiger partial charge in [0.15, 0.2) is 0 Å². The number of amides is 1. The van der Waals surface area contributed by atoms with E-state index < -0.39 is 11.5 Å².